The first-order valence-corrected chi connectivity index (χ1v) is 9.80. The van der Waals surface area contributed by atoms with Gasteiger partial charge in [-0.2, -0.15) is 8.78 Å². The maximum Gasteiger partial charge on any atom is 0.402 e. The summed E-state index contributed by atoms with van der Waals surface area (Å²) in [5.74, 6) is 0. The van der Waals surface area contributed by atoms with Gasteiger partial charge in [-0.25, -0.2) is 0 Å². The Bertz CT molecular complexity index is 753. The van der Waals surface area contributed by atoms with Crippen molar-refractivity contribution >= 4 is 23.5 Å². The molecule has 3 nitrogen and oxygen atoms in total. The Kier molecular flexibility index (Phi) is 5.97. The summed E-state index contributed by atoms with van der Waals surface area (Å²) < 4.78 is 46.4. The molecule has 1 N–H and O–H groups in total. The fraction of sp³-hybridized carbons (Fsp3) is 0.294. The average molecular weight is 419 g/mol. The van der Waals surface area contributed by atoms with Gasteiger partial charge in [-0.05, 0) is 36.6 Å². The molecule has 2 aromatic rings. The zero-order valence-corrected chi connectivity index (χ0v) is 15.7. The van der Waals surface area contributed by atoms with Crippen LogP contribution >= 0.6 is 23.5 Å². The van der Waals surface area contributed by atoms with Gasteiger partial charge in [-0.1, -0.05) is 59.3 Å². The van der Waals surface area contributed by atoms with Crippen molar-refractivity contribution in [1.29, 1.82) is 0 Å². The third-order valence-electron chi connectivity index (χ3n) is 3.65. The number of hydrogen-bond donors (Lipinski definition) is 1. The van der Waals surface area contributed by atoms with E-state index in [0.29, 0.717) is 12.0 Å². The van der Waals surface area contributed by atoms with Gasteiger partial charge in [-0.15, -0.1) is 0 Å². The highest BCUT2D eigenvalue weighted by Crippen LogP contribution is 2.65. The Morgan fingerprint density at radius 3 is 2.42 bits per heavy atom. The SMILES string of the molecule is CCC(C)OP(=O)(O)C(F)(F)c1cc(-c2ccccc2)ccc1Br. The Morgan fingerprint density at radius 2 is 1.83 bits per heavy atom. The Labute approximate surface area is 148 Å². The van der Waals surface area contributed by atoms with Crippen molar-refractivity contribution in [3.8, 4) is 11.1 Å². The summed E-state index contributed by atoms with van der Waals surface area (Å²) >= 11 is 3.05. The van der Waals surface area contributed by atoms with Crippen LogP contribution in [0.4, 0.5) is 8.78 Å². The molecule has 0 radical (unpaired) electrons. The second-order valence-electron chi connectivity index (χ2n) is 5.45. The molecule has 0 heterocycles. The van der Waals surface area contributed by atoms with E-state index >= 15 is 0 Å². The lowest BCUT2D eigenvalue weighted by Crippen LogP contribution is -2.19. The highest BCUT2D eigenvalue weighted by molar-refractivity contribution is 9.10. The maximum atomic E-state index is 14.7. The van der Waals surface area contributed by atoms with Crippen LogP contribution in [0, 0.1) is 0 Å². The first-order chi connectivity index (χ1) is 11.2. The molecule has 0 saturated carbocycles. The highest BCUT2D eigenvalue weighted by Gasteiger charge is 2.54. The Balaban J connectivity index is 2.48. The molecule has 0 aromatic heterocycles. The lowest BCUT2D eigenvalue weighted by molar-refractivity contribution is 0.0341. The molecule has 0 bridgehead atoms. The van der Waals surface area contributed by atoms with E-state index in [1.54, 1.807) is 37.3 Å². The fourth-order valence-corrected chi connectivity index (χ4v) is 4.01. The molecule has 0 aliphatic carbocycles. The van der Waals surface area contributed by atoms with Crippen molar-refractivity contribution in [3.63, 3.8) is 0 Å². The molecular weight excluding hydrogens is 401 g/mol. The minimum Gasteiger partial charge on any atom is -0.320 e. The number of alkyl halides is 2. The summed E-state index contributed by atoms with van der Waals surface area (Å²) in [5, 5.41) is 0. The molecule has 0 aliphatic heterocycles. The van der Waals surface area contributed by atoms with Gasteiger partial charge in [0.25, 0.3) is 0 Å². The Hall–Kier alpha value is -1.07. The molecule has 2 aromatic carbocycles. The minimum atomic E-state index is -5.19. The number of hydrogen-bond acceptors (Lipinski definition) is 2. The van der Waals surface area contributed by atoms with Crippen molar-refractivity contribution in [2.45, 2.75) is 32.0 Å². The van der Waals surface area contributed by atoms with Crippen LogP contribution in [-0.4, -0.2) is 11.0 Å². The molecule has 130 valence electrons. The minimum absolute atomic E-state index is 0.0502. The molecule has 0 fully saturated rings. The van der Waals surface area contributed by atoms with Gasteiger partial charge in [0.15, 0.2) is 0 Å². The maximum absolute atomic E-state index is 14.7. The second kappa shape index (κ2) is 7.44. The van der Waals surface area contributed by atoms with Crippen molar-refractivity contribution in [2.24, 2.45) is 0 Å². The molecule has 2 unspecified atom stereocenters. The molecule has 0 amide bonds. The molecule has 2 atom stereocenters. The van der Waals surface area contributed by atoms with Gasteiger partial charge in [0.2, 0.25) is 0 Å². The predicted molar refractivity (Wildman–Crippen MR) is 94.1 cm³/mol. The van der Waals surface area contributed by atoms with Crippen LogP contribution in [0.15, 0.2) is 53.0 Å². The van der Waals surface area contributed by atoms with E-state index in [0.717, 1.165) is 5.56 Å². The molecule has 7 heteroatoms. The molecule has 24 heavy (non-hydrogen) atoms. The lowest BCUT2D eigenvalue weighted by Gasteiger charge is -2.26. The zero-order chi connectivity index (χ0) is 18.0. The van der Waals surface area contributed by atoms with Gasteiger partial charge >= 0.3 is 13.3 Å². The molecular formula is C17H18BrF2O3P. The first kappa shape index (κ1) is 19.3. The van der Waals surface area contributed by atoms with Crippen LogP contribution in [0.1, 0.15) is 25.8 Å². The van der Waals surface area contributed by atoms with E-state index in [-0.39, 0.29) is 4.47 Å². The smallest absolute Gasteiger partial charge is 0.320 e. The van der Waals surface area contributed by atoms with Crippen molar-refractivity contribution < 1.29 is 22.8 Å². The molecule has 0 aliphatic rings. The van der Waals surface area contributed by atoms with Crippen molar-refractivity contribution in [2.75, 3.05) is 0 Å². The lowest BCUT2D eigenvalue weighted by atomic mass is 10.0. The quantitative estimate of drug-likeness (QED) is 0.570. The number of halogens is 3. The van der Waals surface area contributed by atoms with E-state index < -0.39 is 24.9 Å². The second-order valence-corrected chi connectivity index (χ2v) is 8.11. The monoisotopic (exact) mass is 418 g/mol. The van der Waals surface area contributed by atoms with Crippen molar-refractivity contribution in [1.82, 2.24) is 0 Å². The van der Waals surface area contributed by atoms with Gasteiger partial charge in [0.05, 0.1) is 6.10 Å². The third kappa shape index (κ3) is 3.94. The standard InChI is InChI=1S/C17H18BrF2O3P/c1-3-12(2)23-24(21,22)17(19,20)15-11-14(9-10-16(15)18)13-7-5-4-6-8-13/h4-12H,3H2,1-2H3,(H,21,22). The van der Waals surface area contributed by atoms with Crippen LogP contribution in [0.25, 0.3) is 11.1 Å². The van der Waals surface area contributed by atoms with E-state index in [1.807, 2.05) is 6.07 Å². The van der Waals surface area contributed by atoms with Gasteiger partial charge in [0, 0.05) is 10.0 Å². The summed E-state index contributed by atoms with van der Waals surface area (Å²) in [6.07, 6.45) is -0.394. The summed E-state index contributed by atoms with van der Waals surface area (Å²) in [6.45, 7) is 3.17. The summed E-state index contributed by atoms with van der Waals surface area (Å²) in [7, 11) is -5.19. The summed E-state index contributed by atoms with van der Waals surface area (Å²) in [6, 6.07) is 13.3. The van der Waals surface area contributed by atoms with Crippen LogP contribution in [0.3, 0.4) is 0 Å². The van der Waals surface area contributed by atoms with Gasteiger partial charge < -0.3 is 9.42 Å². The van der Waals surface area contributed by atoms with Gasteiger partial charge in [0.1, 0.15) is 0 Å². The van der Waals surface area contributed by atoms with Gasteiger partial charge in [-0.3, -0.25) is 4.57 Å². The summed E-state index contributed by atoms with van der Waals surface area (Å²) in [5.41, 5.74) is -3.34. The first-order valence-electron chi connectivity index (χ1n) is 7.43. The summed E-state index contributed by atoms with van der Waals surface area (Å²) in [4.78, 5) is 9.85. The van der Waals surface area contributed by atoms with E-state index in [2.05, 4.69) is 15.9 Å². The molecule has 0 spiro atoms. The fourth-order valence-electron chi connectivity index (χ4n) is 2.10. The van der Waals surface area contributed by atoms with E-state index in [4.69, 9.17) is 4.52 Å². The normalized spacial score (nSPS) is 15.8. The van der Waals surface area contributed by atoms with Crippen LogP contribution in [0.2, 0.25) is 0 Å². The van der Waals surface area contributed by atoms with Crippen LogP contribution in [0.5, 0.6) is 0 Å². The third-order valence-corrected chi connectivity index (χ3v) is 5.94. The molecule has 0 saturated heterocycles. The van der Waals surface area contributed by atoms with Crippen LogP contribution in [-0.2, 0) is 14.8 Å². The number of rotatable bonds is 6. The van der Waals surface area contributed by atoms with Crippen molar-refractivity contribution in [3.05, 3.63) is 58.6 Å². The average Bonchev–Trinajstić information content (AvgIpc) is 2.55. The zero-order valence-electron chi connectivity index (χ0n) is 13.2. The van der Waals surface area contributed by atoms with E-state index in [1.165, 1.54) is 19.1 Å². The largest absolute Gasteiger partial charge is 0.402 e. The van der Waals surface area contributed by atoms with E-state index in [9.17, 15) is 18.2 Å². The molecule has 2 rings (SSSR count). The number of benzene rings is 2. The topological polar surface area (TPSA) is 46.5 Å². The Morgan fingerprint density at radius 1 is 1.21 bits per heavy atom. The predicted octanol–water partition coefficient (Wildman–Crippen LogP) is 6.17. The highest BCUT2D eigenvalue weighted by atomic mass is 79.9. The van der Waals surface area contributed by atoms with Crippen LogP contribution < -0.4 is 0 Å².